The van der Waals surface area contributed by atoms with Crippen molar-refractivity contribution in [1.29, 1.82) is 0 Å². The van der Waals surface area contributed by atoms with E-state index in [4.69, 9.17) is 5.11 Å². The molecule has 0 bridgehead atoms. The molecular weight excluding hydrogens is 229 g/mol. The molecule has 0 aliphatic heterocycles. The summed E-state index contributed by atoms with van der Waals surface area (Å²) in [4.78, 5) is 10.3. The second kappa shape index (κ2) is 3.48. The maximum absolute atomic E-state index is 12.1. The molecule has 0 fully saturated rings. The fraction of sp³-hybridized carbons (Fsp3) is 0.333. The minimum atomic E-state index is -5.15. The smallest absolute Gasteiger partial charge is 0.437 e. The standard InChI is InChI=1S/C6H2F5NO3/c7-4(8)2-1(5(13)14)3(12-15-2)6(9,10)11/h4H,(H,13,14). The van der Waals surface area contributed by atoms with Gasteiger partial charge in [0.2, 0.25) is 11.5 Å². The van der Waals surface area contributed by atoms with Crippen molar-refractivity contribution >= 4 is 5.97 Å². The van der Waals surface area contributed by atoms with E-state index in [2.05, 4.69) is 9.68 Å². The highest BCUT2D eigenvalue weighted by Gasteiger charge is 2.43. The van der Waals surface area contributed by atoms with Gasteiger partial charge in [-0.05, 0) is 0 Å². The lowest BCUT2D eigenvalue weighted by Gasteiger charge is -2.02. The summed E-state index contributed by atoms with van der Waals surface area (Å²) in [5.74, 6) is -3.77. The molecule has 0 amide bonds. The average molecular weight is 231 g/mol. The van der Waals surface area contributed by atoms with Crippen molar-refractivity contribution < 1.29 is 36.4 Å². The number of alkyl halides is 5. The Balaban J connectivity index is 3.37. The summed E-state index contributed by atoms with van der Waals surface area (Å²) >= 11 is 0. The molecule has 4 nitrogen and oxygen atoms in total. The average Bonchev–Trinajstić information content (AvgIpc) is 2.45. The number of carbonyl (C=O) groups is 1. The zero-order valence-electron chi connectivity index (χ0n) is 6.68. The normalized spacial score (nSPS) is 12.1. The van der Waals surface area contributed by atoms with E-state index < -0.39 is 35.6 Å². The number of aromatic nitrogens is 1. The lowest BCUT2D eigenvalue weighted by atomic mass is 10.2. The Morgan fingerprint density at radius 2 is 1.93 bits per heavy atom. The molecule has 0 radical (unpaired) electrons. The van der Waals surface area contributed by atoms with Crippen molar-refractivity contribution in [1.82, 2.24) is 5.16 Å². The van der Waals surface area contributed by atoms with Crippen LogP contribution in [-0.4, -0.2) is 16.2 Å². The lowest BCUT2D eigenvalue weighted by Crippen LogP contribution is -2.13. The Hall–Kier alpha value is -1.67. The monoisotopic (exact) mass is 231 g/mol. The van der Waals surface area contributed by atoms with E-state index in [9.17, 15) is 26.7 Å². The van der Waals surface area contributed by atoms with E-state index in [1.54, 1.807) is 0 Å². The third-order valence-corrected chi connectivity index (χ3v) is 1.40. The first kappa shape index (κ1) is 11.4. The van der Waals surface area contributed by atoms with Crippen LogP contribution in [0.4, 0.5) is 22.0 Å². The van der Waals surface area contributed by atoms with Gasteiger partial charge in [0.25, 0.3) is 6.43 Å². The zero-order chi connectivity index (χ0) is 11.8. The highest BCUT2D eigenvalue weighted by atomic mass is 19.4. The van der Waals surface area contributed by atoms with Gasteiger partial charge in [-0.15, -0.1) is 0 Å². The van der Waals surface area contributed by atoms with Gasteiger partial charge in [-0.3, -0.25) is 0 Å². The third-order valence-electron chi connectivity index (χ3n) is 1.40. The number of nitrogens with zero attached hydrogens (tertiary/aromatic N) is 1. The summed E-state index contributed by atoms with van der Waals surface area (Å²) < 4.78 is 63.9. The first-order valence-electron chi connectivity index (χ1n) is 3.33. The molecule has 0 aliphatic carbocycles. The van der Waals surface area contributed by atoms with Crippen LogP contribution >= 0.6 is 0 Å². The summed E-state index contributed by atoms with van der Waals surface area (Å²) in [6.45, 7) is 0. The molecule has 9 heteroatoms. The molecule has 0 atom stereocenters. The second-order valence-corrected chi connectivity index (χ2v) is 2.37. The van der Waals surface area contributed by atoms with Crippen LogP contribution in [0.5, 0.6) is 0 Å². The van der Waals surface area contributed by atoms with Crippen molar-refractivity contribution in [2.45, 2.75) is 12.6 Å². The molecule has 1 aromatic heterocycles. The minimum absolute atomic E-state index is 1.60. The van der Waals surface area contributed by atoms with Crippen LogP contribution in [0.3, 0.4) is 0 Å². The molecule has 84 valence electrons. The Labute approximate surface area is 78.3 Å². The summed E-state index contributed by atoms with van der Waals surface area (Å²) in [6, 6.07) is 0. The van der Waals surface area contributed by atoms with Crippen molar-refractivity contribution in [3.05, 3.63) is 17.0 Å². The summed E-state index contributed by atoms with van der Waals surface area (Å²) in [7, 11) is 0. The fourth-order valence-corrected chi connectivity index (χ4v) is 0.852. The maximum Gasteiger partial charge on any atom is 0.437 e. The number of rotatable bonds is 2. The number of hydrogen-bond donors (Lipinski definition) is 1. The molecule has 0 spiro atoms. The van der Waals surface area contributed by atoms with Crippen molar-refractivity contribution in [3.8, 4) is 0 Å². The van der Waals surface area contributed by atoms with Crippen molar-refractivity contribution in [2.24, 2.45) is 0 Å². The highest BCUT2D eigenvalue weighted by molar-refractivity contribution is 5.90. The van der Waals surface area contributed by atoms with E-state index in [1.807, 2.05) is 0 Å². The van der Waals surface area contributed by atoms with Gasteiger partial charge in [-0.2, -0.15) is 13.2 Å². The largest absolute Gasteiger partial charge is 0.477 e. The first-order chi connectivity index (χ1) is 6.75. The van der Waals surface area contributed by atoms with Crippen molar-refractivity contribution in [3.63, 3.8) is 0 Å². The lowest BCUT2D eigenvalue weighted by molar-refractivity contribution is -0.143. The van der Waals surface area contributed by atoms with Gasteiger partial charge in [0.05, 0.1) is 0 Å². The fourth-order valence-electron chi connectivity index (χ4n) is 0.852. The van der Waals surface area contributed by atoms with E-state index >= 15 is 0 Å². The van der Waals surface area contributed by atoms with Crippen LogP contribution < -0.4 is 0 Å². The Bertz CT molecular complexity index is 383. The predicted octanol–water partition coefficient (Wildman–Crippen LogP) is 2.33. The Morgan fingerprint density at radius 1 is 1.40 bits per heavy atom. The van der Waals surface area contributed by atoms with Gasteiger partial charge < -0.3 is 9.63 Å². The summed E-state index contributed by atoms with van der Waals surface area (Å²) in [6.07, 6.45) is -8.62. The first-order valence-corrected chi connectivity index (χ1v) is 3.33. The molecule has 0 saturated heterocycles. The van der Waals surface area contributed by atoms with Gasteiger partial charge >= 0.3 is 12.1 Å². The van der Waals surface area contributed by atoms with Crippen molar-refractivity contribution in [2.75, 3.05) is 0 Å². The minimum Gasteiger partial charge on any atom is -0.477 e. The van der Waals surface area contributed by atoms with E-state index in [0.717, 1.165) is 0 Å². The molecule has 1 rings (SSSR count). The summed E-state index contributed by atoms with van der Waals surface area (Å²) in [5, 5.41) is 10.6. The Morgan fingerprint density at radius 3 is 2.27 bits per heavy atom. The molecule has 0 saturated carbocycles. The topological polar surface area (TPSA) is 63.3 Å². The number of carboxylic acids is 1. The number of carboxylic acid groups (broad SMARTS) is 1. The van der Waals surface area contributed by atoms with E-state index in [1.165, 1.54) is 0 Å². The number of aromatic carboxylic acids is 1. The molecule has 0 unspecified atom stereocenters. The van der Waals surface area contributed by atoms with Gasteiger partial charge in [0.1, 0.15) is 5.56 Å². The van der Waals surface area contributed by atoms with Crippen LogP contribution in [0.1, 0.15) is 28.2 Å². The van der Waals surface area contributed by atoms with Gasteiger partial charge in [-0.1, -0.05) is 5.16 Å². The van der Waals surface area contributed by atoms with Crippen LogP contribution in [0.25, 0.3) is 0 Å². The number of halogens is 5. The Kier molecular flexibility index (Phi) is 2.65. The quantitative estimate of drug-likeness (QED) is 0.793. The molecule has 1 N–H and O–H groups in total. The molecule has 1 heterocycles. The van der Waals surface area contributed by atoms with Gasteiger partial charge in [-0.25, -0.2) is 13.6 Å². The van der Waals surface area contributed by atoms with Gasteiger partial charge in [0, 0.05) is 0 Å². The van der Waals surface area contributed by atoms with E-state index in [0.29, 0.717) is 0 Å². The second-order valence-electron chi connectivity index (χ2n) is 2.37. The molecule has 15 heavy (non-hydrogen) atoms. The van der Waals surface area contributed by atoms with Gasteiger partial charge in [0.15, 0.2) is 0 Å². The maximum atomic E-state index is 12.1. The molecule has 0 aliphatic rings. The molecule has 0 aromatic carbocycles. The zero-order valence-corrected chi connectivity index (χ0v) is 6.68. The SMILES string of the molecule is O=C(O)c1c(C(F)(F)F)noc1C(F)F. The van der Waals surface area contributed by atoms with Crippen LogP contribution in [-0.2, 0) is 6.18 Å². The highest BCUT2D eigenvalue weighted by Crippen LogP contribution is 2.35. The van der Waals surface area contributed by atoms with Crippen LogP contribution in [0, 0.1) is 0 Å². The molecular formula is C6H2F5NO3. The van der Waals surface area contributed by atoms with E-state index in [-0.39, 0.29) is 0 Å². The predicted molar refractivity (Wildman–Crippen MR) is 33.4 cm³/mol. The van der Waals surface area contributed by atoms with Crippen LogP contribution in [0.15, 0.2) is 4.52 Å². The third kappa shape index (κ3) is 2.05. The number of hydrogen-bond acceptors (Lipinski definition) is 3. The molecule has 1 aromatic rings. The van der Waals surface area contributed by atoms with Crippen LogP contribution in [0.2, 0.25) is 0 Å². The summed E-state index contributed by atoms with van der Waals surface area (Å²) in [5.41, 5.74) is -3.62.